The van der Waals surface area contributed by atoms with Gasteiger partial charge in [0.05, 0.1) is 10.7 Å². The quantitative estimate of drug-likeness (QED) is 0.826. The average molecular weight is 269 g/mol. The molecule has 0 heterocycles. The molecule has 0 aliphatic carbocycles. The monoisotopic (exact) mass is 268 g/mol. The molecular formula is C14H21ClN2O. The Balaban J connectivity index is 2.77. The van der Waals surface area contributed by atoms with Gasteiger partial charge < -0.3 is 10.6 Å². The lowest BCUT2D eigenvalue weighted by Crippen LogP contribution is -2.19. The molecular weight excluding hydrogens is 248 g/mol. The highest BCUT2D eigenvalue weighted by atomic mass is 35.5. The number of benzene rings is 1. The van der Waals surface area contributed by atoms with Crippen LogP contribution >= 0.6 is 11.6 Å². The molecule has 0 saturated heterocycles. The molecule has 0 radical (unpaired) electrons. The molecule has 0 aliphatic heterocycles. The molecule has 1 aromatic rings. The Morgan fingerprint density at radius 3 is 2.78 bits per heavy atom. The van der Waals surface area contributed by atoms with Crippen molar-refractivity contribution < 1.29 is 4.79 Å². The molecule has 0 saturated carbocycles. The maximum atomic E-state index is 11.6. The summed E-state index contributed by atoms with van der Waals surface area (Å²) in [4.78, 5) is 11.6. The van der Waals surface area contributed by atoms with Crippen LogP contribution in [0.15, 0.2) is 18.2 Å². The van der Waals surface area contributed by atoms with Crippen molar-refractivity contribution in [3.05, 3.63) is 28.8 Å². The van der Waals surface area contributed by atoms with Crippen molar-refractivity contribution in [2.24, 2.45) is 0 Å². The van der Waals surface area contributed by atoms with E-state index in [-0.39, 0.29) is 5.91 Å². The predicted molar refractivity (Wildman–Crippen MR) is 77.5 cm³/mol. The zero-order valence-electron chi connectivity index (χ0n) is 11.2. The molecule has 3 nitrogen and oxygen atoms in total. The Bertz CT molecular complexity index is 407. The molecule has 1 amide bonds. The number of hydrogen-bond donors (Lipinski definition) is 2. The number of unbranched alkanes of at least 4 members (excludes halogenated alkanes) is 1. The fourth-order valence-electron chi connectivity index (χ4n) is 1.77. The minimum Gasteiger partial charge on any atom is -0.381 e. The Hall–Kier alpha value is -1.22. The zero-order chi connectivity index (χ0) is 13.5. The van der Waals surface area contributed by atoms with E-state index in [1.54, 1.807) is 25.2 Å². The van der Waals surface area contributed by atoms with Crippen LogP contribution in [0, 0.1) is 0 Å². The van der Waals surface area contributed by atoms with Crippen LogP contribution in [0.3, 0.4) is 0 Å². The van der Waals surface area contributed by atoms with Crippen molar-refractivity contribution in [1.82, 2.24) is 5.32 Å². The average Bonchev–Trinajstić information content (AvgIpc) is 2.38. The molecule has 4 heteroatoms. The molecule has 18 heavy (non-hydrogen) atoms. The van der Waals surface area contributed by atoms with Crippen molar-refractivity contribution in [2.75, 3.05) is 12.4 Å². The van der Waals surface area contributed by atoms with E-state index in [0.29, 0.717) is 16.6 Å². The van der Waals surface area contributed by atoms with E-state index in [1.807, 2.05) is 0 Å². The van der Waals surface area contributed by atoms with Crippen molar-refractivity contribution in [2.45, 2.75) is 39.2 Å². The molecule has 1 aromatic carbocycles. The van der Waals surface area contributed by atoms with Crippen molar-refractivity contribution in [1.29, 1.82) is 0 Å². The standard InChI is InChI=1S/C14H21ClN2O/c1-4-5-6-10(2)17-13-9-11(14(18)16-3)7-8-12(13)15/h7-10,17H,4-6H2,1-3H3,(H,16,18). The number of carbonyl (C=O) groups is 1. The first kappa shape index (κ1) is 14.8. The summed E-state index contributed by atoms with van der Waals surface area (Å²) in [6.45, 7) is 4.30. The molecule has 1 unspecified atom stereocenters. The van der Waals surface area contributed by atoms with Gasteiger partial charge in [-0.2, -0.15) is 0 Å². The summed E-state index contributed by atoms with van der Waals surface area (Å²) >= 11 is 6.13. The zero-order valence-corrected chi connectivity index (χ0v) is 12.0. The SMILES string of the molecule is CCCCC(C)Nc1cc(C(=O)NC)ccc1Cl. The topological polar surface area (TPSA) is 41.1 Å². The number of carbonyl (C=O) groups excluding carboxylic acids is 1. The second-order valence-electron chi connectivity index (χ2n) is 4.46. The highest BCUT2D eigenvalue weighted by Gasteiger charge is 2.09. The summed E-state index contributed by atoms with van der Waals surface area (Å²) in [5, 5.41) is 6.60. The van der Waals surface area contributed by atoms with Crippen LogP contribution in [0.25, 0.3) is 0 Å². The van der Waals surface area contributed by atoms with Gasteiger partial charge in [-0.1, -0.05) is 31.4 Å². The van der Waals surface area contributed by atoms with Crippen LogP contribution in [-0.2, 0) is 0 Å². The smallest absolute Gasteiger partial charge is 0.251 e. The number of hydrogen-bond acceptors (Lipinski definition) is 2. The number of amides is 1. The second-order valence-corrected chi connectivity index (χ2v) is 4.87. The molecule has 0 fully saturated rings. The van der Waals surface area contributed by atoms with Gasteiger partial charge in [-0.25, -0.2) is 0 Å². The van der Waals surface area contributed by atoms with Gasteiger partial charge in [0.2, 0.25) is 0 Å². The van der Waals surface area contributed by atoms with Gasteiger partial charge in [-0.05, 0) is 31.5 Å². The van der Waals surface area contributed by atoms with Crippen LogP contribution in [0.1, 0.15) is 43.5 Å². The van der Waals surface area contributed by atoms with Crippen molar-refractivity contribution in [3.8, 4) is 0 Å². The first-order valence-electron chi connectivity index (χ1n) is 6.36. The Morgan fingerprint density at radius 1 is 1.44 bits per heavy atom. The van der Waals surface area contributed by atoms with Gasteiger partial charge in [0.25, 0.3) is 5.91 Å². The molecule has 0 aromatic heterocycles. The van der Waals surface area contributed by atoms with Gasteiger partial charge in [-0.15, -0.1) is 0 Å². The predicted octanol–water partition coefficient (Wildman–Crippen LogP) is 3.69. The minimum atomic E-state index is -0.101. The molecule has 1 atom stereocenters. The Labute approximate surface area is 114 Å². The fourth-order valence-corrected chi connectivity index (χ4v) is 1.94. The maximum Gasteiger partial charge on any atom is 0.251 e. The van der Waals surface area contributed by atoms with Crippen LogP contribution in [0.2, 0.25) is 5.02 Å². The summed E-state index contributed by atoms with van der Waals surface area (Å²) in [5.41, 5.74) is 1.44. The summed E-state index contributed by atoms with van der Waals surface area (Å²) in [6.07, 6.45) is 3.45. The van der Waals surface area contributed by atoms with E-state index in [1.165, 1.54) is 12.8 Å². The first-order chi connectivity index (χ1) is 8.58. The molecule has 0 bridgehead atoms. The molecule has 2 N–H and O–H groups in total. The minimum absolute atomic E-state index is 0.101. The van der Waals surface area contributed by atoms with Crippen LogP contribution in [0.5, 0.6) is 0 Å². The largest absolute Gasteiger partial charge is 0.381 e. The van der Waals surface area contributed by atoms with Crippen LogP contribution in [0.4, 0.5) is 5.69 Å². The van der Waals surface area contributed by atoms with E-state index >= 15 is 0 Å². The van der Waals surface area contributed by atoms with Crippen molar-refractivity contribution >= 4 is 23.2 Å². The summed E-state index contributed by atoms with van der Waals surface area (Å²) in [6, 6.07) is 5.62. The van der Waals surface area contributed by atoms with Crippen LogP contribution in [-0.4, -0.2) is 19.0 Å². The lowest BCUT2D eigenvalue weighted by atomic mass is 10.1. The highest BCUT2D eigenvalue weighted by Crippen LogP contribution is 2.24. The summed E-state index contributed by atoms with van der Waals surface area (Å²) in [5.74, 6) is -0.101. The highest BCUT2D eigenvalue weighted by molar-refractivity contribution is 6.33. The molecule has 100 valence electrons. The number of rotatable bonds is 6. The van der Waals surface area contributed by atoms with Gasteiger partial charge in [-0.3, -0.25) is 4.79 Å². The normalized spacial score (nSPS) is 12.0. The third-order valence-electron chi connectivity index (χ3n) is 2.85. The van der Waals surface area contributed by atoms with Gasteiger partial charge in [0.1, 0.15) is 0 Å². The Morgan fingerprint density at radius 2 is 2.17 bits per heavy atom. The van der Waals surface area contributed by atoms with E-state index in [9.17, 15) is 4.79 Å². The Kier molecular flexibility index (Phi) is 5.99. The van der Waals surface area contributed by atoms with E-state index in [4.69, 9.17) is 11.6 Å². The van der Waals surface area contributed by atoms with Crippen molar-refractivity contribution in [3.63, 3.8) is 0 Å². The number of nitrogens with one attached hydrogen (secondary N) is 2. The fraction of sp³-hybridized carbons (Fsp3) is 0.500. The second kappa shape index (κ2) is 7.27. The number of anilines is 1. The molecule has 1 rings (SSSR count). The van der Waals surface area contributed by atoms with E-state index in [0.717, 1.165) is 12.1 Å². The van der Waals surface area contributed by atoms with Gasteiger partial charge >= 0.3 is 0 Å². The third-order valence-corrected chi connectivity index (χ3v) is 3.18. The molecule has 0 aliphatic rings. The van der Waals surface area contributed by atoms with Gasteiger partial charge in [0.15, 0.2) is 0 Å². The van der Waals surface area contributed by atoms with E-state index < -0.39 is 0 Å². The maximum absolute atomic E-state index is 11.6. The van der Waals surface area contributed by atoms with E-state index in [2.05, 4.69) is 24.5 Å². The third kappa shape index (κ3) is 4.22. The first-order valence-corrected chi connectivity index (χ1v) is 6.74. The number of halogens is 1. The summed E-state index contributed by atoms with van der Waals surface area (Å²) < 4.78 is 0. The summed E-state index contributed by atoms with van der Waals surface area (Å²) in [7, 11) is 1.62. The lowest BCUT2D eigenvalue weighted by Gasteiger charge is -2.16. The van der Waals surface area contributed by atoms with Crippen LogP contribution < -0.4 is 10.6 Å². The van der Waals surface area contributed by atoms with Gasteiger partial charge in [0, 0.05) is 18.7 Å². The lowest BCUT2D eigenvalue weighted by molar-refractivity contribution is 0.0963. The molecule has 0 spiro atoms.